The summed E-state index contributed by atoms with van der Waals surface area (Å²) in [5.74, 6) is 0.736. The Kier molecular flexibility index (Phi) is 6.06. The van der Waals surface area contributed by atoms with Crippen molar-refractivity contribution in [1.82, 2.24) is 10.2 Å². The lowest BCUT2D eigenvalue weighted by molar-refractivity contribution is 0.269. The Hall–Kier alpha value is -0.860. The van der Waals surface area contributed by atoms with E-state index in [0.29, 0.717) is 0 Å². The van der Waals surface area contributed by atoms with Gasteiger partial charge in [-0.2, -0.15) is 0 Å². The number of nitrogens with one attached hydrogen (secondary N) is 1. The van der Waals surface area contributed by atoms with Crippen molar-refractivity contribution in [2.45, 2.75) is 52.6 Å². The van der Waals surface area contributed by atoms with Crippen LogP contribution in [-0.4, -0.2) is 30.6 Å². The molecule has 0 bridgehead atoms. The second-order valence-corrected chi connectivity index (χ2v) is 6.46. The van der Waals surface area contributed by atoms with E-state index in [0.717, 1.165) is 38.0 Å². The maximum absolute atomic E-state index is 3.50. The summed E-state index contributed by atoms with van der Waals surface area (Å²) < 4.78 is 0. The van der Waals surface area contributed by atoms with Crippen LogP contribution in [0.25, 0.3) is 0 Å². The van der Waals surface area contributed by atoms with Gasteiger partial charge in [-0.05, 0) is 55.9 Å². The molecular formula is C18H30N2. The van der Waals surface area contributed by atoms with Gasteiger partial charge >= 0.3 is 0 Å². The molecule has 0 atom stereocenters. The molecule has 1 aliphatic carbocycles. The second kappa shape index (κ2) is 7.80. The zero-order chi connectivity index (χ0) is 14.4. The molecule has 0 radical (unpaired) electrons. The normalized spacial score (nSPS) is 15.2. The molecule has 0 heterocycles. The predicted molar refractivity (Wildman–Crippen MR) is 87.0 cm³/mol. The topological polar surface area (TPSA) is 15.3 Å². The molecule has 1 aliphatic rings. The molecule has 1 aromatic carbocycles. The minimum Gasteiger partial charge on any atom is -0.316 e. The van der Waals surface area contributed by atoms with Gasteiger partial charge in [0.2, 0.25) is 0 Å². The first kappa shape index (κ1) is 15.5. The van der Waals surface area contributed by atoms with Gasteiger partial charge in [0.05, 0.1) is 0 Å². The summed E-state index contributed by atoms with van der Waals surface area (Å²) in [5, 5.41) is 3.50. The zero-order valence-corrected chi connectivity index (χ0v) is 13.4. The highest BCUT2D eigenvalue weighted by molar-refractivity contribution is 5.23. The van der Waals surface area contributed by atoms with Crippen LogP contribution in [0.1, 0.15) is 44.7 Å². The van der Waals surface area contributed by atoms with E-state index in [2.05, 4.69) is 55.3 Å². The predicted octanol–water partition coefficient (Wildman–Crippen LogP) is 3.46. The number of benzene rings is 1. The maximum atomic E-state index is 3.50. The van der Waals surface area contributed by atoms with Gasteiger partial charge < -0.3 is 5.32 Å². The quantitative estimate of drug-likeness (QED) is 0.694. The zero-order valence-electron chi connectivity index (χ0n) is 13.4. The Morgan fingerprint density at radius 1 is 1.15 bits per heavy atom. The fourth-order valence-electron chi connectivity index (χ4n) is 2.61. The summed E-state index contributed by atoms with van der Waals surface area (Å²) in [4.78, 5) is 2.60. The van der Waals surface area contributed by atoms with Crippen LogP contribution in [0.4, 0.5) is 0 Å². The smallest absolute Gasteiger partial charge is 0.0236 e. The van der Waals surface area contributed by atoms with Gasteiger partial charge in [-0.25, -0.2) is 0 Å². The molecule has 1 N–H and O–H groups in total. The number of hydrogen-bond donors (Lipinski definition) is 1. The van der Waals surface area contributed by atoms with E-state index in [1.807, 2.05) is 0 Å². The Labute approximate surface area is 124 Å². The van der Waals surface area contributed by atoms with E-state index in [1.54, 1.807) is 0 Å². The highest BCUT2D eigenvalue weighted by Crippen LogP contribution is 2.27. The molecule has 1 aromatic rings. The van der Waals surface area contributed by atoms with Gasteiger partial charge in [-0.3, -0.25) is 4.90 Å². The molecule has 112 valence electrons. The lowest BCUT2D eigenvalue weighted by Crippen LogP contribution is -2.25. The van der Waals surface area contributed by atoms with E-state index >= 15 is 0 Å². The minimum atomic E-state index is 0.736. The van der Waals surface area contributed by atoms with Gasteiger partial charge in [0.25, 0.3) is 0 Å². The molecule has 2 nitrogen and oxygen atoms in total. The van der Waals surface area contributed by atoms with Gasteiger partial charge in [0.1, 0.15) is 0 Å². The van der Waals surface area contributed by atoms with Crippen LogP contribution in [0.5, 0.6) is 0 Å². The van der Waals surface area contributed by atoms with Gasteiger partial charge in [-0.1, -0.05) is 45.0 Å². The minimum absolute atomic E-state index is 0.736. The largest absolute Gasteiger partial charge is 0.316 e. The van der Waals surface area contributed by atoms with Crippen LogP contribution < -0.4 is 5.32 Å². The molecule has 1 saturated carbocycles. The maximum Gasteiger partial charge on any atom is 0.0236 e. The second-order valence-electron chi connectivity index (χ2n) is 6.46. The van der Waals surface area contributed by atoms with Crippen LogP contribution in [0.2, 0.25) is 0 Å². The molecule has 1 fully saturated rings. The molecule has 20 heavy (non-hydrogen) atoms. The van der Waals surface area contributed by atoms with Gasteiger partial charge in [-0.15, -0.1) is 0 Å². The van der Waals surface area contributed by atoms with Crippen LogP contribution in [0, 0.1) is 5.92 Å². The number of hydrogen-bond acceptors (Lipinski definition) is 2. The summed E-state index contributed by atoms with van der Waals surface area (Å²) in [7, 11) is 0. The first-order chi connectivity index (χ1) is 9.69. The van der Waals surface area contributed by atoms with Crippen molar-refractivity contribution in [3.05, 3.63) is 35.4 Å². The molecular weight excluding hydrogens is 244 g/mol. The summed E-state index contributed by atoms with van der Waals surface area (Å²) in [6.07, 6.45) is 3.92. The van der Waals surface area contributed by atoms with Crippen molar-refractivity contribution in [3.8, 4) is 0 Å². The molecule has 2 rings (SSSR count). The van der Waals surface area contributed by atoms with Gasteiger partial charge in [0.15, 0.2) is 0 Å². The molecule has 2 heteroatoms. The molecule has 0 aromatic heterocycles. The van der Waals surface area contributed by atoms with Crippen molar-refractivity contribution in [2.75, 3.05) is 19.6 Å². The summed E-state index contributed by atoms with van der Waals surface area (Å²) >= 11 is 0. The van der Waals surface area contributed by atoms with E-state index < -0.39 is 0 Å². The van der Waals surface area contributed by atoms with Crippen LogP contribution >= 0.6 is 0 Å². The van der Waals surface area contributed by atoms with Crippen LogP contribution in [0.15, 0.2) is 24.3 Å². The standard InChI is InChI=1S/C18H30N2/c1-4-20(18-9-10-18)14-17-7-5-16(6-8-17)11-12-19-13-15(2)3/h5-8,15,18-19H,4,9-14H2,1-3H3. The summed E-state index contributed by atoms with van der Waals surface area (Å²) in [5.41, 5.74) is 2.90. The monoisotopic (exact) mass is 274 g/mol. The number of rotatable bonds is 9. The molecule has 0 amide bonds. The molecule has 0 aliphatic heterocycles. The first-order valence-corrected chi connectivity index (χ1v) is 8.21. The van der Waals surface area contributed by atoms with Crippen molar-refractivity contribution >= 4 is 0 Å². The Morgan fingerprint density at radius 3 is 2.35 bits per heavy atom. The van der Waals surface area contributed by atoms with E-state index in [-0.39, 0.29) is 0 Å². The average Bonchev–Trinajstić information content (AvgIpc) is 3.27. The summed E-state index contributed by atoms with van der Waals surface area (Å²) in [6.45, 7) is 11.3. The third-order valence-corrected chi connectivity index (χ3v) is 4.02. The Bertz CT molecular complexity index is 379. The third kappa shape index (κ3) is 5.26. The molecule has 0 unspecified atom stereocenters. The van der Waals surface area contributed by atoms with E-state index in [9.17, 15) is 0 Å². The lowest BCUT2D eigenvalue weighted by Gasteiger charge is -2.19. The molecule has 0 saturated heterocycles. The van der Waals surface area contributed by atoms with Crippen LogP contribution in [0.3, 0.4) is 0 Å². The Balaban J connectivity index is 1.74. The van der Waals surface area contributed by atoms with Gasteiger partial charge in [0, 0.05) is 12.6 Å². The first-order valence-electron chi connectivity index (χ1n) is 8.21. The van der Waals surface area contributed by atoms with E-state index in [4.69, 9.17) is 0 Å². The van der Waals surface area contributed by atoms with Crippen LogP contribution in [-0.2, 0) is 13.0 Å². The third-order valence-electron chi connectivity index (χ3n) is 4.02. The SMILES string of the molecule is CCN(Cc1ccc(CCNCC(C)C)cc1)C1CC1. The Morgan fingerprint density at radius 2 is 1.80 bits per heavy atom. The van der Waals surface area contributed by atoms with Crippen molar-refractivity contribution in [3.63, 3.8) is 0 Å². The van der Waals surface area contributed by atoms with Crippen molar-refractivity contribution in [1.29, 1.82) is 0 Å². The molecule has 0 spiro atoms. The average molecular weight is 274 g/mol. The number of nitrogens with zero attached hydrogens (tertiary/aromatic N) is 1. The fraction of sp³-hybridized carbons (Fsp3) is 0.667. The summed E-state index contributed by atoms with van der Waals surface area (Å²) in [6, 6.07) is 10.1. The van der Waals surface area contributed by atoms with E-state index in [1.165, 1.54) is 30.5 Å². The highest BCUT2D eigenvalue weighted by atomic mass is 15.2. The van der Waals surface area contributed by atoms with Crippen molar-refractivity contribution in [2.24, 2.45) is 5.92 Å². The lowest BCUT2D eigenvalue weighted by atomic mass is 10.1. The highest BCUT2D eigenvalue weighted by Gasteiger charge is 2.27. The fourth-order valence-corrected chi connectivity index (χ4v) is 2.61. The van der Waals surface area contributed by atoms with Crippen molar-refractivity contribution < 1.29 is 0 Å².